The van der Waals surface area contributed by atoms with Gasteiger partial charge in [-0.1, -0.05) is 6.92 Å². The van der Waals surface area contributed by atoms with E-state index in [2.05, 4.69) is 5.32 Å². The van der Waals surface area contributed by atoms with Gasteiger partial charge in [-0.15, -0.1) is 0 Å². The molecule has 0 aromatic carbocycles. The third-order valence-electron chi connectivity index (χ3n) is 3.71. The Hall–Kier alpha value is -1.59. The molecule has 1 aliphatic heterocycles. The Kier molecular flexibility index (Phi) is 6.65. The molecule has 2 N–H and O–H groups in total. The Morgan fingerprint density at radius 1 is 1.29 bits per heavy atom. The quantitative estimate of drug-likeness (QED) is 0.776. The Morgan fingerprint density at radius 3 is 2.52 bits per heavy atom. The lowest BCUT2D eigenvalue weighted by Crippen LogP contribution is -2.49. The van der Waals surface area contributed by atoms with Gasteiger partial charge in [0.1, 0.15) is 6.04 Å². The van der Waals surface area contributed by atoms with Gasteiger partial charge in [-0.25, -0.2) is 4.79 Å². The minimum Gasteiger partial charge on any atom is -0.480 e. The smallest absolute Gasteiger partial charge is 0.326 e. The molecule has 1 aliphatic rings. The fourth-order valence-electron chi connectivity index (χ4n) is 2.61. The fraction of sp³-hybridized carbons (Fsp3) is 0.800. The lowest BCUT2D eigenvalue weighted by molar-refractivity contribution is -0.153. The van der Waals surface area contributed by atoms with Crippen LogP contribution in [0.15, 0.2) is 0 Å². The lowest BCUT2D eigenvalue weighted by Gasteiger charge is -2.36. The summed E-state index contributed by atoms with van der Waals surface area (Å²) in [7, 11) is 0. The molecule has 6 heteroatoms. The standard InChI is InChI=1S/C15H26N2O4/c1-10(2)16-13(18)5-4-6-14(19)17-8-7-11(3)9-12(17)15(20)21/h10-12H,4-9H2,1-3H3,(H,16,18)(H,20,21). The van der Waals surface area contributed by atoms with E-state index in [4.69, 9.17) is 0 Å². The van der Waals surface area contributed by atoms with Crippen molar-refractivity contribution >= 4 is 17.8 Å². The molecule has 1 rings (SSSR count). The van der Waals surface area contributed by atoms with Crippen LogP contribution in [-0.2, 0) is 14.4 Å². The van der Waals surface area contributed by atoms with E-state index in [1.807, 2.05) is 20.8 Å². The summed E-state index contributed by atoms with van der Waals surface area (Å²) in [6.45, 7) is 6.27. The molecule has 2 unspecified atom stereocenters. The zero-order valence-electron chi connectivity index (χ0n) is 13.1. The summed E-state index contributed by atoms with van der Waals surface area (Å²) in [4.78, 5) is 36.4. The minimum absolute atomic E-state index is 0.0696. The van der Waals surface area contributed by atoms with Gasteiger partial charge in [0.2, 0.25) is 11.8 Å². The molecular formula is C15H26N2O4. The van der Waals surface area contributed by atoms with E-state index in [-0.39, 0.29) is 24.3 Å². The van der Waals surface area contributed by atoms with Crippen molar-refractivity contribution in [1.29, 1.82) is 0 Å². The van der Waals surface area contributed by atoms with Gasteiger partial charge in [0, 0.05) is 25.4 Å². The van der Waals surface area contributed by atoms with E-state index in [0.717, 1.165) is 6.42 Å². The van der Waals surface area contributed by atoms with Gasteiger partial charge in [0.15, 0.2) is 0 Å². The van der Waals surface area contributed by atoms with Crippen molar-refractivity contribution in [3.63, 3.8) is 0 Å². The number of nitrogens with zero attached hydrogens (tertiary/aromatic N) is 1. The first kappa shape index (κ1) is 17.5. The van der Waals surface area contributed by atoms with Crippen LogP contribution < -0.4 is 5.32 Å². The Bertz CT molecular complexity index is 395. The molecule has 0 radical (unpaired) electrons. The van der Waals surface area contributed by atoms with Gasteiger partial charge in [-0.05, 0) is 39.0 Å². The van der Waals surface area contributed by atoms with Crippen LogP contribution in [0.25, 0.3) is 0 Å². The second kappa shape index (κ2) is 8.00. The number of carbonyl (C=O) groups is 3. The molecular weight excluding hydrogens is 272 g/mol. The lowest BCUT2D eigenvalue weighted by atomic mass is 9.92. The first-order valence-electron chi connectivity index (χ1n) is 7.63. The van der Waals surface area contributed by atoms with E-state index < -0.39 is 12.0 Å². The van der Waals surface area contributed by atoms with Crippen molar-refractivity contribution in [2.24, 2.45) is 5.92 Å². The van der Waals surface area contributed by atoms with Crippen molar-refractivity contribution in [2.75, 3.05) is 6.54 Å². The molecule has 0 bridgehead atoms. The molecule has 6 nitrogen and oxygen atoms in total. The van der Waals surface area contributed by atoms with Crippen LogP contribution in [0.5, 0.6) is 0 Å². The van der Waals surface area contributed by atoms with Gasteiger partial charge in [-0.3, -0.25) is 9.59 Å². The molecule has 0 aromatic rings. The van der Waals surface area contributed by atoms with Gasteiger partial charge in [-0.2, -0.15) is 0 Å². The molecule has 2 atom stereocenters. The normalized spacial score (nSPS) is 22.2. The maximum atomic E-state index is 12.2. The Morgan fingerprint density at radius 2 is 1.95 bits per heavy atom. The van der Waals surface area contributed by atoms with E-state index in [0.29, 0.717) is 31.7 Å². The van der Waals surface area contributed by atoms with Gasteiger partial charge in [0.25, 0.3) is 0 Å². The number of nitrogens with one attached hydrogen (secondary N) is 1. The molecule has 0 aromatic heterocycles. The van der Waals surface area contributed by atoms with Crippen molar-refractivity contribution < 1.29 is 19.5 Å². The van der Waals surface area contributed by atoms with E-state index in [9.17, 15) is 19.5 Å². The van der Waals surface area contributed by atoms with Crippen LogP contribution in [0, 0.1) is 5.92 Å². The number of likely N-dealkylation sites (tertiary alicyclic amines) is 1. The molecule has 0 spiro atoms. The maximum absolute atomic E-state index is 12.2. The molecule has 0 aliphatic carbocycles. The summed E-state index contributed by atoms with van der Waals surface area (Å²) in [5.74, 6) is -0.842. The van der Waals surface area contributed by atoms with Crippen molar-refractivity contribution in [3.8, 4) is 0 Å². The largest absolute Gasteiger partial charge is 0.480 e. The van der Waals surface area contributed by atoms with Crippen molar-refractivity contribution in [2.45, 2.75) is 65.0 Å². The zero-order chi connectivity index (χ0) is 16.0. The van der Waals surface area contributed by atoms with Crippen LogP contribution in [0.2, 0.25) is 0 Å². The van der Waals surface area contributed by atoms with E-state index >= 15 is 0 Å². The summed E-state index contributed by atoms with van der Waals surface area (Å²) < 4.78 is 0. The first-order valence-corrected chi connectivity index (χ1v) is 7.63. The summed E-state index contributed by atoms with van der Waals surface area (Å²) in [5.41, 5.74) is 0. The number of piperidine rings is 1. The number of carboxylic acids is 1. The highest BCUT2D eigenvalue weighted by molar-refractivity contribution is 5.84. The molecule has 0 saturated carbocycles. The zero-order valence-corrected chi connectivity index (χ0v) is 13.1. The highest BCUT2D eigenvalue weighted by Gasteiger charge is 2.34. The second-order valence-corrected chi connectivity index (χ2v) is 6.15. The monoisotopic (exact) mass is 298 g/mol. The molecule has 2 amide bonds. The highest BCUT2D eigenvalue weighted by Crippen LogP contribution is 2.23. The fourth-order valence-corrected chi connectivity index (χ4v) is 2.61. The SMILES string of the molecule is CC1CCN(C(=O)CCCC(=O)NC(C)C)C(C(=O)O)C1. The third-order valence-corrected chi connectivity index (χ3v) is 3.71. The average Bonchev–Trinajstić information content (AvgIpc) is 2.37. The third kappa shape index (κ3) is 5.73. The van der Waals surface area contributed by atoms with Crippen molar-refractivity contribution in [3.05, 3.63) is 0 Å². The highest BCUT2D eigenvalue weighted by atomic mass is 16.4. The summed E-state index contributed by atoms with van der Waals surface area (Å²) in [5, 5.41) is 12.0. The Balaban J connectivity index is 2.43. The van der Waals surface area contributed by atoms with Crippen molar-refractivity contribution in [1.82, 2.24) is 10.2 Å². The number of hydrogen-bond acceptors (Lipinski definition) is 3. The predicted molar refractivity (Wildman–Crippen MR) is 78.7 cm³/mol. The molecule has 21 heavy (non-hydrogen) atoms. The first-order chi connectivity index (χ1) is 9.81. The minimum atomic E-state index is -0.938. The number of rotatable bonds is 6. The summed E-state index contributed by atoms with van der Waals surface area (Å²) in [6.07, 6.45) is 2.32. The topological polar surface area (TPSA) is 86.7 Å². The average molecular weight is 298 g/mol. The summed E-state index contributed by atoms with van der Waals surface area (Å²) >= 11 is 0. The van der Waals surface area contributed by atoms with Gasteiger partial charge in [0.05, 0.1) is 0 Å². The maximum Gasteiger partial charge on any atom is 0.326 e. The number of carboxylic acid groups (broad SMARTS) is 1. The molecule has 1 fully saturated rings. The number of aliphatic carboxylic acids is 1. The van der Waals surface area contributed by atoms with Crippen LogP contribution in [0.4, 0.5) is 0 Å². The van der Waals surface area contributed by atoms with Crippen LogP contribution in [0.3, 0.4) is 0 Å². The van der Waals surface area contributed by atoms with Crippen LogP contribution in [0.1, 0.15) is 52.9 Å². The number of carbonyl (C=O) groups excluding carboxylic acids is 2. The summed E-state index contributed by atoms with van der Waals surface area (Å²) in [6, 6.07) is -0.626. The van der Waals surface area contributed by atoms with Crippen LogP contribution >= 0.6 is 0 Å². The van der Waals surface area contributed by atoms with E-state index in [1.54, 1.807) is 0 Å². The van der Waals surface area contributed by atoms with E-state index in [1.165, 1.54) is 4.90 Å². The van der Waals surface area contributed by atoms with Gasteiger partial charge >= 0.3 is 5.97 Å². The molecule has 1 saturated heterocycles. The predicted octanol–water partition coefficient (Wildman–Crippen LogP) is 1.39. The Labute approximate surface area is 125 Å². The number of amides is 2. The number of hydrogen-bond donors (Lipinski definition) is 2. The second-order valence-electron chi connectivity index (χ2n) is 6.15. The molecule has 1 heterocycles. The van der Waals surface area contributed by atoms with Crippen LogP contribution in [-0.4, -0.2) is 46.4 Å². The van der Waals surface area contributed by atoms with Gasteiger partial charge < -0.3 is 15.3 Å². The molecule has 120 valence electrons.